The highest BCUT2D eigenvalue weighted by Crippen LogP contribution is 2.23. The number of hydrogen-bond acceptors (Lipinski definition) is 3. The summed E-state index contributed by atoms with van der Waals surface area (Å²) < 4.78 is 25.8. The maximum atomic E-state index is 12.3. The fourth-order valence-corrected chi connectivity index (χ4v) is 3.40. The van der Waals surface area contributed by atoms with Crippen LogP contribution in [0.1, 0.15) is 26.3 Å². The first-order chi connectivity index (χ1) is 8.53. The van der Waals surface area contributed by atoms with Gasteiger partial charge in [0.2, 0.25) is 10.0 Å². The number of nitrogens with zero attached hydrogens (tertiary/aromatic N) is 1. The quantitative estimate of drug-likeness (QED) is 0.652. The maximum Gasteiger partial charge on any atom is 0.235 e. The van der Waals surface area contributed by atoms with Gasteiger partial charge in [-0.05, 0) is 17.5 Å². The van der Waals surface area contributed by atoms with E-state index in [9.17, 15) is 8.42 Å². The molecule has 1 aromatic carbocycles. The predicted molar refractivity (Wildman–Crippen MR) is 79.1 cm³/mol. The molecule has 0 saturated heterocycles. The summed E-state index contributed by atoms with van der Waals surface area (Å²) in [4.78, 5) is 0. The van der Waals surface area contributed by atoms with E-state index in [0.717, 1.165) is 0 Å². The molecule has 106 valence electrons. The van der Waals surface area contributed by atoms with Crippen molar-refractivity contribution in [3.05, 3.63) is 29.8 Å². The van der Waals surface area contributed by atoms with Crippen molar-refractivity contribution in [3.8, 4) is 0 Å². The third-order valence-electron chi connectivity index (χ3n) is 2.55. The van der Waals surface area contributed by atoms with Gasteiger partial charge in [-0.15, -0.1) is 0 Å². The molecule has 6 heteroatoms. The first-order valence-corrected chi connectivity index (χ1v) is 7.55. The highest BCUT2D eigenvalue weighted by Gasteiger charge is 2.26. The summed E-state index contributed by atoms with van der Waals surface area (Å²) in [6.07, 6.45) is 0. The number of rotatable bonds is 4. The van der Waals surface area contributed by atoms with Crippen LogP contribution >= 0.6 is 0 Å². The minimum atomic E-state index is -3.39. The maximum absolute atomic E-state index is 12.3. The van der Waals surface area contributed by atoms with Crippen molar-refractivity contribution >= 4 is 21.5 Å². The van der Waals surface area contributed by atoms with Crippen LogP contribution in [0, 0.1) is 10.8 Å². The first-order valence-electron chi connectivity index (χ1n) is 5.94. The highest BCUT2D eigenvalue weighted by molar-refractivity contribution is 7.92. The first kappa shape index (κ1) is 15.5. The smallest absolute Gasteiger partial charge is 0.235 e. The van der Waals surface area contributed by atoms with Crippen LogP contribution in [-0.2, 0) is 10.0 Å². The van der Waals surface area contributed by atoms with E-state index in [1.807, 2.05) is 20.8 Å². The third-order valence-corrected chi connectivity index (χ3v) is 4.83. The molecule has 5 nitrogen and oxygen atoms in total. The second kappa shape index (κ2) is 5.21. The van der Waals surface area contributed by atoms with Gasteiger partial charge in [0.25, 0.3) is 0 Å². The van der Waals surface area contributed by atoms with Gasteiger partial charge in [0, 0.05) is 12.6 Å². The number of amidine groups is 1. The van der Waals surface area contributed by atoms with Gasteiger partial charge in [0.1, 0.15) is 5.84 Å². The zero-order valence-corrected chi connectivity index (χ0v) is 12.6. The Balaban J connectivity index is 3.10. The average molecular weight is 283 g/mol. The van der Waals surface area contributed by atoms with Gasteiger partial charge in [-0.3, -0.25) is 9.71 Å². The average Bonchev–Trinajstić information content (AvgIpc) is 2.25. The summed E-state index contributed by atoms with van der Waals surface area (Å²) in [5, 5.41) is 7.38. The zero-order valence-electron chi connectivity index (χ0n) is 11.8. The van der Waals surface area contributed by atoms with Gasteiger partial charge in [-0.2, -0.15) is 0 Å². The number of anilines is 1. The van der Waals surface area contributed by atoms with Crippen LogP contribution in [0.3, 0.4) is 0 Å². The van der Waals surface area contributed by atoms with Crippen molar-refractivity contribution in [2.45, 2.75) is 20.8 Å². The Bertz CT molecular complexity index is 574. The summed E-state index contributed by atoms with van der Waals surface area (Å²) in [5.41, 5.74) is 6.12. The summed E-state index contributed by atoms with van der Waals surface area (Å²) in [5.74, 6) is -0.0238. The largest absolute Gasteiger partial charge is 0.384 e. The minimum absolute atomic E-state index is 0.0563. The molecular weight excluding hydrogens is 262 g/mol. The lowest BCUT2D eigenvalue weighted by Gasteiger charge is -2.25. The standard InChI is InChI=1S/C13H21N3O2S/c1-13(2,3)9-19(17,18)16(4)11-7-5-6-10(8-11)12(14)15/h5-8H,9H2,1-4H3,(H3,14,15). The molecule has 0 aliphatic rings. The van der Waals surface area contributed by atoms with Gasteiger partial charge in [0.05, 0.1) is 11.4 Å². The normalized spacial score (nSPS) is 12.2. The Morgan fingerprint density at radius 2 is 1.95 bits per heavy atom. The van der Waals surface area contributed by atoms with Crippen LogP contribution in [0.4, 0.5) is 5.69 Å². The van der Waals surface area contributed by atoms with Gasteiger partial charge in [-0.25, -0.2) is 8.42 Å². The van der Waals surface area contributed by atoms with E-state index < -0.39 is 10.0 Å². The van der Waals surface area contributed by atoms with Crippen molar-refractivity contribution in [2.24, 2.45) is 11.1 Å². The molecular formula is C13H21N3O2S. The minimum Gasteiger partial charge on any atom is -0.384 e. The fourth-order valence-electron chi connectivity index (χ4n) is 1.67. The lowest BCUT2D eigenvalue weighted by atomic mass is 10.0. The Morgan fingerprint density at radius 1 is 1.37 bits per heavy atom. The summed E-state index contributed by atoms with van der Waals surface area (Å²) >= 11 is 0. The van der Waals surface area contributed by atoms with Crippen LogP contribution in [0.25, 0.3) is 0 Å². The van der Waals surface area contributed by atoms with Crippen molar-refractivity contribution in [2.75, 3.05) is 17.1 Å². The highest BCUT2D eigenvalue weighted by atomic mass is 32.2. The van der Waals surface area contributed by atoms with Crippen LogP contribution in [0.15, 0.2) is 24.3 Å². The Kier molecular flexibility index (Phi) is 4.25. The number of hydrogen-bond donors (Lipinski definition) is 2. The Morgan fingerprint density at radius 3 is 2.42 bits per heavy atom. The molecule has 0 bridgehead atoms. The molecule has 0 aromatic heterocycles. The molecule has 0 aliphatic carbocycles. The van der Waals surface area contributed by atoms with E-state index in [-0.39, 0.29) is 17.0 Å². The summed E-state index contributed by atoms with van der Waals surface area (Å²) in [7, 11) is -1.88. The molecule has 19 heavy (non-hydrogen) atoms. The molecule has 0 spiro atoms. The topological polar surface area (TPSA) is 87.2 Å². The van der Waals surface area contributed by atoms with Crippen molar-refractivity contribution in [1.29, 1.82) is 5.41 Å². The van der Waals surface area contributed by atoms with Crippen molar-refractivity contribution in [1.82, 2.24) is 0 Å². The molecule has 0 saturated carbocycles. The fraction of sp³-hybridized carbons (Fsp3) is 0.462. The second-order valence-corrected chi connectivity index (χ2v) is 7.75. The van der Waals surface area contributed by atoms with Gasteiger partial charge < -0.3 is 5.73 Å². The summed E-state index contributed by atoms with van der Waals surface area (Å²) in [6, 6.07) is 6.65. The van der Waals surface area contributed by atoms with Gasteiger partial charge in [-0.1, -0.05) is 32.9 Å². The number of benzene rings is 1. The number of nitrogen functional groups attached to an aromatic ring is 1. The molecule has 3 N–H and O–H groups in total. The predicted octanol–water partition coefficient (Wildman–Crippen LogP) is 1.78. The van der Waals surface area contributed by atoms with E-state index in [4.69, 9.17) is 11.1 Å². The Hall–Kier alpha value is -1.56. The van der Waals surface area contributed by atoms with E-state index in [0.29, 0.717) is 11.3 Å². The molecule has 0 atom stereocenters. The van der Waals surface area contributed by atoms with E-state index in [2.05, 4.69) is 0 Å². The zero-order chi connectivity index (χ0) is 14.8. The third kappa shape index (κ3) is 4.24. The molecule has 0 aliphatic heterocycles. The molecule has 0 unspecified atom stereocenters. The lowest BCUT2D eigenvalue weighted by molar-refractivity contribution is 0.461. The van der Waals surface area contributed by atoms with Crippen LogP contribution in [-0.4, -0.2) is 27.1 Å². The van der Waals surface area contributed by atoms with Crippen molar-refractivity contribution < 1.29 is 8.42 Å². The van der Waals surface area contributed by atoms with Crippen LogP contribution < -0.4 is 10.0 Å². The molecule has 0 fully saturated rings. The molecule has 0 radical (unpaired) electrons. The van der Waals surface area contributed by atoms with Crippen LogP contribution in [0.5, 0.6) is 0 Å². The van der Waals surface area contributed by atoms with Crippen molar-refractivity contribution in [3.63, 3.8) is 0 Å². The monoisotopic (exact) mass is 283 g/mol. The second-order valence-electron chi connectivity index (χ2n) is 5.75. The summed E-state index contributed by atoms with van der Waals surface area (Å²) in [6.45, 7) is 5.64. The molecule has 1 aromatic rings. The van der Waals surface area contributed by atoms with Gasteiger partial charge in [0.15, 0.2) is 0 Å². The lowest BCUT2D eigenvalue weighted by Crippen LogP contribution is -2.34. The molecule has 1 rings (SSSR count). The van der Waals surface area contributed by atoms with Gasteiger partial charge >= 0.3 is 0 Å². The Labute approximate surface area is 115 Å². The number of nitrogens with one attached hydrogen (secondary N) is 1. The van der Waals surface area contributed by atoms with Crippen LogP contribution in [0.2, 0.25) is 0 Å². The molecule has 0 heterocycles. The van der Waals surface area contributed by atoms with E-state index in [1.165, 1.54) is 11.4 Å². The molecule has 0 amide bonds. The van der Waals surface area contributed by atoms with E-state index >= 15 is 0 Å². The number of sulfonamides is 1. The SMILES string of the molecule is CN(c1cccc(C(=N)N)c1)S(=O)(=O)CC(C)(C)C. The van der Waals surface area contributed by atoms with E-state index in [1.54, 1.807) is 24.3 Å². The number of nitrogens with two attached hydrogens (primary N) is 1.